The minimum absolute atomic E-state index is 0.957. The second-order valence-electron chi connectivity index (χ2n) is 8.31. The Labute approximate surface area is 167 Å². The molecule has 0 aliphatic carbocycles. The summed E-state index contributed by atoms with van der Waals surface area (Å²) in [6.45, 7) is 6.95. The lowest BCUT2D eigenvalue weighted by Gasteiger charge is -2.13. The van der Waals surface area contributed by atoms with Gasteiger partial charge in [-0.25, -0.2) is 0 Å². The van der Waals surface area contributed by atoms with Crippen LogP contribution in [0.1, 0.15) is 143 Å². The Morgan fingerprint density at radius 2 is 1.04 bits per heavy atom. The molecule has 0 heterocycles. The maximum atomic E-state index is 2.58. The van der Waals surface area contributed by atoms with Crippen LogP contribution in [0.2, 0.25) is 0 Å². The average molecular weight is 364 g/mol. The van der Waals surface area contributed by atoms with Crippen LogP contribution in [0.25, 0.3) is 0 Å². The van der Waals surface area contributed by atoms with Gasteiger partial charge in [-0.15, -0.1) is 0 Å². The largest absolute Gasteiger partial charge is 0.0885 e. The smallest absolute Gasteiger partial charge is 0.0351 e. The van der Waals surface area contributed by atoms with Crippen LogP contribution in [0.5, 0.6) is 0 Å². The van der Waals surface area contributed by atoms with Crippen LogP contribution >= 0.6 is 0 Å². The van der Waals surface area contributed by atoms with Gasteiger partial charge in [-0.2, -0.15) is 0 Å². The fraction of sp³-hybridized carbons (Fsp3) is 0.885. The van der Waals surface area contributed by atoms with Crippen LogP contribution in [0.15, 0.2) is 12.2 Å². The molecule has 1 unspecified atom stereocenters. The predicted molar refractivity (Wildman–Crippen MR) is 122 cm³/mol. The van der Waals surface area contributed by atoms with Crippen molar-refractivity contribution in [2.24, 2.45) is 5.92 Å². The molecule has 0 amide bonds. The standard InChI is InChI=1S/C26H51/c1-4-7-9-10-11-12-13-14-15-16-17-18-19-20-21-22-23-25-26(6-3)24-8-5-2/h14-15,23,26H,4-13,16-22,24-25H2,1-3H3/b15-14-. The summed E-state index contributed by atoms with van der Waals surface area (Å²) in [7, 11) is 0. The van der Waals surface area contributed by atoms with E-state index in [1.54, 1.807) is 0 Å². The third kappa shape index (κ3) is 20.1. The number of unbranched alkanes of at least 4 members (excludes halogenated alkanes) is 14. The summed E-state index contributed by atoms with van der Waals surface area (Å²) in [5.41, 5.74) is 0. The maximum Gasteiger partial charge on any atom is -0.0351 e. The second-order valence-corrected chi connectivity index (χ2v) is 8.31. The topological polar surface area (TPSA) is 0 Å². The van der Waals surface area contributed by atoms with Gasteiger partial charge in [0.2, 0.25) is 0 Å². The SMILES string of the molecule is CCCCCCCC/C=C\CCCCCCC[CH]CC(CC)CCCC. The van der Waals surface area contributed by atoms with Crippen molar-refractivity contribution in [2.45, 2.75) is 143 Å². The molecule has 1 atom stereocenters. The summed E-state index contributed by atoms with van der Waals surface area (Å²) in [6, 6.07) is 0. The van der Waals surface area contributed by atoms with Crippen molar-refractivity contribution in [3.63, 3.8) is 0 Å². The van der Waals surface area contributed by atoms with Gasteiger partial charge < -0.3 is 0 Å². The zero-order valence-corrected chi connectivity index (χ0v) is 18.7. The first-order chi connectivity index (χ1) is 12.8. The first kappa shape index (κ1) is 25.7. The van der Waals surface area contributed by atoms with Gasteiger partial charge in [-0.05, 0) is 44.4 Å². The molecule has 0 fully saturated rings. The summed E-state index contributed by atoms with van der Waals surface area (Å²) < 4.78 is 0. The Bertz CT molecular complexity index is 265. The molecule has 0 saturated heterocycles. The zero-order valence-electron chi connectivity index (χ0n) is 18.7. The predicted octanol–water partition coefficient (Wildman–Crippen LogP) is 9.83. The number of allylic oxidation sites excluding steroid dienone is 2. The van der Waals surface area contributed by atoms with E-state index in [4.69, 9.17) is 0 Å². The second kappa shape index (κ2) is 22.8. The van der Waals surface area contributed by atoms with Crippen molar-refractivity contribution in [2.75, 3.05) is 0 Å². The van der Waals surface area contributed by atoms with Crippen molar-refractivity contribution in [1.29, 1.82) is 0 Å². The number of hydrogen-bond donors (Lipinski definition) is 0. The van der Waals surface area contributed by atoms with E-state index in [2.05, 4.69) is 39.3 Å². The van der Waals surface area contributed by atoms with Gasteiger partial charge in [0.1, 0.15) is 0 Å². The van der Waals surface area contributed by atoms with Crippen LogP contribution in [0.4, 0.5) is 0 Å². The molecule has 0 aliphatic rings. The van der Waals surface area contributed by atoms with Gasteiger partial charge in [0.15, 0.2) is 0 Å². The molecule has 0 N–H and O–H groups in total. The lowest BCUT2D eigenvalue weighted by molar-refractivity contribution is 0.438. The quantitative estimate of drug-likeness (QED) is 0.140. The summed E-state index contributed by atoms with van der Waals surface area (Å²) in [4.78, 5) is 0. The fourth-order valence-electron chi connectivity index (χ4n) is 3.69. The highest BCUT2D eigenvalue weighted by Gasteiger charge is 2.05. The van der Waals surface area contributed by atoms with Crippen molar-refractivity contribution in [3.05, 3.63) is 18.6 Å². The molecule has 0 aliphatic heterocycles. The van der Waals surface area contributed by atoms with Gasteiger partial charge in [-0.1, -0.05) is 123 Å². The molecule has 0 spiro atoms. The highest BCUT2D eigenvalue weighted by Crippen LogP contribution is 2.20. The van der Waals surface area contributed by atoms with Gasteiger partial charge >= 0.3 is 0 Å². The molecule has 0 aromatic carbocycles. The summed E-state index contributed by atoms with van der Waals surface area (Å²) >= 11 is 0. The normalized spacial score (nSPS) is 12.9. The molecule has 155 valence electrons. The Morgan fingerprint density at radius 3 is 1.58 bits per heavy atom. The van der Waals surface area contributed by atoms with Crippen LogP contribution in [-0.4, -0.2) is 0 Å². The molecular weight excluding hydrogens is 312 g/mol. The monoisotopic (exact) mass is 363 g/mol. The van der Waals surface area contributed by atoms with Crippen molar-refractivity contribution < 1.29 is 0 Å². The number of hydrogen-bond acceptors (Lipinski definition) is 0. The van der Waals surface area contributed by atoms with E-state index in [1.807, 2.05) is 0 Å². The van der Waals surface area contributed by atoms with E-state index in [9.17, 15) is 0 Å². The molecule has 0 aromatic heterocycles. The minimum Gasteiger partial charge on any atom is -0.0885 e. The molecule has 1 radical (unpaired) electrons. The lowest BCUT2D eigenvalue weighted by atomic mass is 9.93. The lowest BCUT2D eigenvalue weighted by Crippen LogP contribution is -1.99. The van der Waals surface area contributed by atoms with Gasteiger partial charge in [0, 0.05) is 0 Å². The van der Waals surface area contributed by atoms with Gasteiger partial charge in [-0.3, -0.25) is 0 Å². The van der Waals surface area contributed by atoms with E-state index < -0.39 is 0 Å². The van der Waals surface area contributed by atoms with E-state index >= 15 is 0 Å². The summed E-state index contributed by atoms with van der Waals surface area (Å²) in [6.07, 6.45) is 33.9. The molecule has 0 aromatic rings. The van der Waals surface area contributed by atoms with E-state index in [0.29, 0.717) is 0 Å². The van der Waals surface area contributed by atoms with E-state index in [0.717, 1.165) is 5.92 Å². The van der Waals surface area contributed by atoms with Crippen LogP contribution in [0.3, 0.4) is 0 Å². The molecular formula is C26H51. The zero-order chi connectivity index (χ0) is 19.1. The first-order valence-corrected chi connectivity index (χ1v) is 12.3. The van der Waals surface area contributed by atoms with Crippen molar-refractivity contribution in [1.82, 2.24) is 0 Å². The Hall–Kier alpha value is -0.260. The van der Waals surface area contributed by atoms with E-state index in [-0.39, 0.29) is 0 Å². The molecule has 0 heteroatoms. The third-order valence-corrected chi connectivity index (χ3v) is 5.71. The Morgan fingerprint density at radius 1 is 0.538 bits per heavy atom. The third-order valence-electron chi connectivity index (χ3n) is 5.71. The minimum atomic E-state index is 0.957. The van der Waals surface area contributed by atoms with Crippen molar-refractivity contribution >= 4 is 0 Å². The Balaban J connectivity index is 3.20. The van der Waals surface area contributed by atoms with Gasteiger partial charge in [0.05, 0.1) is 0 Å². The highest BCUT2D eigenvalue weighted by molar-refractivity contribution is 4.81. The molecule has 0 nitrogen and oxygen atoms in total. The highest BCUT2D eigenvalue weighted by atomic mass is 14.1. The van der Waals surface area contributed by atoms with Crippen molar-refractivity contribution in [3.8, 4) is 0 Å². The first-order valence-electron chi connectivity index (χ1n) is 12.3. The van der Waals surface area contributed by atoms with E-state index in [1.165, 1.54) is 122 Å². The molecule has 0 saturated carbocycles. The fourth-order valence-corrected chi connectivity index (χ4v) is 3.69. The van der Waals surface area contributed by atoms with Crippen LogP contribution < -0.4 is 0 Å². The van der Waals surface area contributed by atoms with Crippen LogP contribution in [0, 0.1) is 12.3 Å². The molecule has 0 rings (SSSR count). The average Bonchev–Trinajstić information content (AvgIpc) is 2.66. The Kier molecular flexibility index (Phi) is 22.6. The summed E-state index contributed by atoms with van der Waals surface area (Å²) in [5.74, 6) is 0.957. The van der Waals surface area contributed by atoms with Crippen LogP contribution in [-0.2, 0) is 0 Å². The summed E-state index contributed by atoms with van der Waals surface area (Å²) in [5, 5.41) is 0. The molecule has 0 bridgehead atoms. The molecule has 26 heavy (non-hydrogen) atoms. The number of rotatable bonds is 21. The van der Waals surface area contributed by atoms with Gasteiger partial charge in [0.25, 0.3) is 0 Å². The maximum absolute atomic E-state index is 2.58.